The summed E-state index contributed by atoms with van der Waals surface area (Å²) in [4.78, 5) is 24.6. The maximum absolute atomic E-state index is 12.3. The number of nitrogens with one attached hydrogen (secondary N) is 1. The van der Waals surface area contributed by atoms with E-state index < -0.39 is 18.0 Å². The minimum Gasteiger partial charge on any atom is -0.491 e. The number of benzene rings is 2. The number of carbonyl (C=O) groups excluding carboxylic acids is 2. The van der Waals surface area contributed by atoms with Crippen molar-refractivity contribution in [1.29, 1.82) is 0 Å². The van der Waals surface area contributed by atoms with Gasteiger partial charge < -0.3 is 24.3 Å². The molecule has 3 rings (SSSR count). The van der Waals surface area contributed by atoms with Gasteiger partial charge in [0, 0.05) is 11.8 Å². The highest BCUT2D eigenvalue weighted by atomic mass is 16.6. The lowest BCUT2D eigenvalue weighted by atomic mass is 10.2. The van der Waals surface area contributed by atoms with Crippen LogP contribution in [0.2, 0.25) is 0 Å². The average Bonchev–Trinajstić information content (AvgIpc) is 2.67. The van der Waals surface area contributed by atoms with Gasteiger partial charge in [0.1, 0.15) is 19.0 Å². The van der Waals surface area contributed by atoms with Gasteiger partial charge in [-0.2, -0.15) is 0 Å². The molecule has 1 amide bonds. The van der Waals surface area contributed by atoms with Gasteiger partial charge in [0.2, 0.25) is 0 Å². The Kier molecular flexibility index (Phi) is 6.03. The third-order valence-electron chi connectivity index (χ3n) is 3.92. The number of anilines is 1. The zero-order valence-electron chi connectivity index (χ0n) is 16.1. The molecule has 7 heteroatoms. The van der Waals surface area contributed by atoms with E-state index >= 15 is 0 Å². The molecule has 0 saturated carbocycles. The summed E-state index contributed by atoms with van der Waals surface area (Å²) in [5, 5.41) is 2.71. The van der Waals surface area contributed by atoms with Crippen molar-refractivity contribution in [3.05, 3.63) is 48.0 Å². The third-order valence-corrected chi connectivity index (χ3v) is 3.92. The fraction of sp³-hybridized carbons (Fsp3) is 0.333. The van der Waals surface area contributed by atoms with Gasteiger partial charge in [-0.25, -0.2) is 4.79 Å². The molecule has 1 N–H and O–H groups in total. The molecule has 2 aromatic carbocycles. The second-order valence-electron chi connectivity index (χ2n) is 6.59. The quantitative estimate of drug-likeness (QED) is 0.767. The van der Waals surface area contributed by atoms with Crippen molar-refractivity contribution in [2.75, 3.05) is 18.5 Å². The van der Waals surface area contributed by atoms with Gasteiger partial charge in [-0.05, 0) is 57.2 Å². The smallest absolute Gasteiger partial charge is 0.338 e. The van der Waals surface area contributed by atoms with E-state index in [4.69, 9.17) is 18.9 Å². The predicted molar refractivity (Wildman–Crippen MR) is 103 cm³/mol. The summed E-state index contributed by atoms with van der Waals surface area (Å²) >= 11 is 0. The molecule has 1 heterocycles. The molecule has 2 aromatic rings. The van der Waals surface area contributed by atoms with E-state index in [1.54, 1.807) is 42.5 Å². The zero-order valence-corrected chi connectivity index (χ0v) is 16.1. The molecule has 148 valence electrons. The average molecular weight is 385 g/mol. The Morgan fingerprint density at radius 3 is 2.32 bits per heavy atom. The lowest BCUT2D eigenvalue weighted by molar-refractivity contribution is -0.123. The molecule has 0 saturated heterocycles. The molecule has 0 radical (unpaired) electrons. The first kappa shape index (κ1) is 19.5. The minimum atomic E-state index is -0.965. The Bertz CT molecular complexity index is 846. The number of hydrogen-bond acceptors (Lipinski definition) is 6. The molecule has 7 nitrogen and oxygen atoms in total. The molecule has 1 unspecified atom stereocenters. The van der Waals surface area contributed by atoms with E-state index in [9.17, 15) is 9.59 Å². The standard InChI is InChI=1S/C21H23NO6/c1-13(2)27-17-7-4-15(5-8-17)21(24)28-14(3)20(23)22-16-6-9-18-19(12-16)26-11-10-25-18/h4-9,12-14H,10-11H2,1-3H3,(H,22,23). The van der Waals surface area contributed by atoms with Crippen molar-refractivity contribution in [2.45, 2.75) is 33.0 Å². The molecule has 0 aromatic heterocycles. The maximum Gasteiger partial charge on any atom is 0.338 e. The van der Waals surface area contributed by atoms with Crippen LogP contribution in [-0.2, 0) is 9.53 Å². The van der Waals surface area contributed by atoms with Gasteiger partial charge in [0.15, 0.2) is 17.6 Å². The van der Waals surface area contributed by atoms with Gasteiger partial charge in [-0.3, -0.25) is 4.79 Å². The summed E-state index contributed by atoms with van der Waals surface area (Å²) in [5.74, 6) is 0.840. The van der Waals surface area contributed by atoms with Crippen LogP contribution in [0.5, 0.6) is 17.2 Å². The first-order valence-corrected chi connectivity index (χ1v) is 9.10. The highest BCUT2D eigenvalue weighted by Gasteiger charge is 2.20. The molecular formula is C21H23NO6. The Hall–Kier alpha value is -3.22. The number of fused-ring (bicyclic) bond motifs is 1. The van der Waals surface area contributed by atoms with Crippen LogP contribution in [0.25, 0.3) is 0 Å². The number of hydrogen-bond donors (Lipinski definition) is 1. The second-order valence-corrected chi connectivity index (χ2v) is 6.59. The Balaban J connectivity index is 1.57. The number of carbonyl (C=O) groups is 2. The lowest BCUT2D eigenvalue weighted by Gasteiger charge is -2.19. The van der Waals surface area contributed by atoms with Crippen LogP contribution in [-0.4, -0.2) is 37.3 Å². The maximum atomic E-state index is 12.3. The minimum absolute atomic E-state index is 0.0436. The van der Waals surface area contributed by atoms with Crippen LogP contribution in [0, 0.1) is 0 Å². The van der Waals surface area contributed by atoms with Crippen molar-refractivity contribution in [3.8, 4) is 17.2 Å². The van der Waals surface area contributed by atoms with Gasteiger partial charge in [-0.1, -0.05) is 0 Å². The van der Waals surface area contributed by atoms with Crippen LogP contribution in [0.4, 0.5) is 5.69 Å². The van der Waals surface area contributed by atoms with E-state index in [2.05, 4.69) is 5.32 Å². The van der Waals surface area contributed by atoms with Crippen LogP contribution in [0.3, 0.4) is 0 Å². The predicted octanol–water partition coefficient (Wildman–Crippen LogP) is 3.43. The number of amides is 1. The van der Waals surface area contributed by atoms with E-state index in [0.29, 0.717) is 41.7 Å². The van der Waals surface area contributed by atoms with Gasteiger partial charge in [-0.15, -0.1) is 0 Å². The molecule has 0 spiro atoms. The number of ether oxygens (including phenoxy) is 4. The topological polar surface area (TPSA) is 83.1 Å². The summed E-state index contributed by atoms with van der Waals surface area (Å²) in [6, 6.07) is 11.7. The highest BCUT2D eigenvalue weighted by molar-refractivity contribution is 5.97. The Morgan fingerprint density at radius 2 is 1.64 bits per heavy atom. The van der Waals surface area contributed by atoms with Gasteiger partial charge >= 0.3 is 5.97 Å². The van der Waals surface area contributed by atoms with Crippen molar-refractivity contribution in [3.63, 3.8) is 0 Å². The van der Waals surface area contributed by atoms with Crippen LogP contribution in [0.15, 0.2) is 42.5 Å². The fourth-order valence-corrected chi connectivity index (χ4v) is 2.59. The number of rotatable bonds is 6. The summed E-state index contributed by atoms with van der Waals surface area (Å²) in [7, 11) is 0. The molecule has 28 heavy (non-hydrogen) atoms. The summed E-state index contributed by atoms with van der Waals surface area (Å²) < 4.78 is 21.7. The largest absolute Gasteiger partial charge is 0.491 e. The van der Waals surface area contributed by atoms with Gasteiger partial charge in [0.05, 0.1) is 11.7 Å². The highest BCUT2D eigenvalue weighted by Crippen LogP contribution is 2.32. The second kappa shape index (κ2) is 8.65. The van der Waals surface area contributed by atoms with Gasteiger partial charge in [0.25, 0.3) is 5.91 Å². The van der Waals surface area contributed by atoms with Crippen molar-refractivity contribution in [1.82, 2.24) is 0 Å². The molecule has 0 fully saturated rings. The Labute approximate surface area is 163 Å². The molecule has 1 aliphatic rings. The number of esters is 1. The molecular weight excluding hydrogens is 362 g/mol. The van der Waals surface area contributed by atoms with E-state index in [0.717, 1.165) is 0 Å². The molecule has 1 aliphatic heterocycles. The summed E-state index contributed by atoms with van der Waals surface area (Å²) in [6.07, 6.45) is -0.922. The lowest BCUT2D eigenvalue weighted by Crippen LogP contribution is -2.30. The monoisotopic (exact) mass is 385 g/mol. The molecule has 1 atom stereocenters. The van der Waals surface area contributed by atoms with E-state index in [1.807, 2.05) is 13.8 Å². The normalized spacial score (nSPS) is 13.6. The van der Waals surface area contributed by atoms with E-state index in [1.165, 1.54) is 6.92 Å². The summed E-state index contributed by atoms with van der Waals surface area (Å²) in [6.45, 7) is 6.31. The fourth-order valence-electron chi connectivity index (χ4n) is 2.59. The van der Waals surface area contributed by atoms with Crippen LogP contribution >= 0.6 is 0 Å². The third kappa shape index (κ3) is 4.94. The Morgan fingerprint density at radius 1 is 0.964 bits per heavy atom. The van der Waals surface area contributed by atoms with Crippen molar-refractivity contribution < 1.29 is 28.5 Å². The first-order valence-electron chi connectivity index (χ1n) is 9.10. The van der Waals surface area contributed by atoms with Crippen molar-refractivity contribution >= 4 is 17.6 Å². The SMILES string of the molecule is CC(C)Oc1ccc(C(=O)OC(C)C(=O)Nc2ccc3c(c2)OCCO3)cc1. The first-order chi connectivity index (χ1) is 13.4. The van der Waals surface area contributed by atoms with Crippen LogP contribution in [0.1, 0.15) is 31.1 Å². The summed E-state index contributed by atoms with van der Waals surface area (Å²) in [5.41, 5.74) is 0.877. The van der Waals surface area contributed by atoms with Crippen LogP contribution < -0.4 is 19.5 Å². The zero-order chi connectivity index (χ0) is 20.1. The molecule has 0 bridgehead atoms. The van der Waals surface area contributed by atoms with Crippen molar-refractivity contribution in [2.24, 2.45) is 0 Å². The molecule has 0 aliphatic carbocycles. The van der Waals surface area contributed by atoms with E-state index in [-0.39, 0.29) is 6.10 Å².